The van der Waals surface area contributed by atoms with Crippen LogP contribution in [0, 0.1) is 6.92 Å². The van der Waals surface area contributed by atoms with Crippen LogP contribution in [0.2, 0.25) is 5.02 Å². The van der Waals surface area contributed by atoms with Gasteiger partial charge in [-0.2, -0.15) is 0 Å². The van der Waals surface area contributed by atoms with Crippen LogP contribution in [0.15, 0.2) is 21.6 Å². The normalized spacial score (nSPS) is 11.9. The Labute approximate surface area is 97.3 Å². The van der Waals surface area contributed by atoms with E-state index in [9.17, 15) is 0 Å². The summed E-state index contributed by atoms with van der Waals surface area (Å²) in [7, 11) is 0. The van der Waals surface area contributed by atoms with E-state index >= 15 is 0 Å². The highest BCUT2D eigenvalue weighted by atomic mass is 79.9. The minimum absolute atomic E-state index is 0.602. The summed E-state index contributed by atoms with van der Waals surface area (Å²) in [6.07, 6.45) is 0.734. The number of amidine groups is 1. The van der Waals surface area contributed by atoms with Gasteiger partial charge in [-0.15, -0.1) is 0 Å². The molecule has 0 saturated carbocycles. The minimum Gasteiger partial charge on any atom is -0.387 e. The van der Waals surface area contributed by atoms with Crippen LogP contribution in [-0.4, -0.2) is 5.84 Å². The van der Waals surface area contributed by atoms with Gasteiger partial charge in [0.2, 0.25) is 0 Å². The number of aliphatic imine (C=N–C) groups is 1. The summed E-state index contributed by atoms with van der Waals surface area (Å²) >= 11 is 9.40. The van der Waals surface area contributed by atoms with Crippen LogP contribution < -0.4 is 5.73 Å². The standard InChI is InChI=1S/C10H12BrClN2/c1-3-10(13)14-9-5-8(12)6(2)4-7(9)11/h4-5H,3H2,1-2H3,(H2,13,14). The Hall–Kier alpha value is -0.540. The molecule has 0 saturated heterocycles. The third kappa shape index (κ3) is 2.72. The van der Waals surface area contributed by atoms with Crippen molar-refractivity contribution in [3.63, 3.8) is 0 Å². The molecule has 0 amide bonds. The minimum atomic E-state index is 0.602. The Kier molecular flexibility index (Phi) is 3.96. The van der Waals surface area contributed by atoms with Gasteiger partial charge in [-0.25, -0.2) is 4.99 Å². The predicted molar refractivity (Wildman–Crippen MR) is 65.5 cm³/mol. The molecule has 0 heterocycles. The molecule has 0 aliphatic rings. The van der Waals surface area contributed by atoms with E-state index in [-0.39, 0.29) is 0 Å². The van der Waals surface area contributed by atoms with Gasteiger partial charge in [0.15, 0.2) is 0 Å². The zero-order valence-corrected chi connectivity index (χ0v) is 10.5. The molecule has 0 atom stereocenters. The lowest BCUT2D eigenvalue weighted by Crippen LogP contribution is -2.08. The van der Waals surface area contributed by atoms with E-state index in [0.29, 0.717) is 10.9 Å². The van der Waals surface area contributed by atoms with Crippen molar-refractivity contribution in [3.05, 3.63) is 27.2 Å². The molecule has 2 N–H and O–H groups in total. The third-order valence-corrected chi connectivity index (χ3v) is 2.90. The first-order chi connectivity index (χ1) is 6.54. The van der Waals surface area contributed by atoms with Gasteiger partial charge in [0.25, 0.3) is 0 Å². The molecule has 0 spiro atoms. The molecule has 14 heavy (non-hydrogen) atoms. The first-order valence-corrected chi connectivity index (χ1v) is 5.50. The maximum Gasteiger partial charge on any atom is 0.0994 e. The second-order valence-corrected chi connectivity index (χ2v) is 4.27. The second-order valence-electron chi connectivity index (χ2n) is 3.01. The zero-order chi connectivity index (χ0) is 10.7. The number of nitrogens with zero attached hydrogens (tertiary/aromatic N) is 1. The molecule has 0 aliphatic heterocycles. The Balaban J connectivity index is 3.16. The van der Waals surface area contributed by atoms with Crippen LogP contribution in [0.4, 0.5) is 5.69 Å². The molecule has 0 unspecified atom stereocenters. The summed E-state index contributed by atoms with van der Waals surface area (Å²) in [6, 6.07) is 3.74. The maximum absolute atomic E-state index is 5.98. The largest absolute Gasteiger partial charge is 0.387 e. The van der Waals surface area contributed by atoms with Crippen LogP contribution in [0.25, 0.3) is 0 Å². The quantitative estimate of drug-likeness (QED) is 0.647. The topological polar surface area (TPSA) is 38.4 Å². The van der Waals surface area contributed by atoms with Crippen LogP contribution in [0.1, 0.15) is 18.9 Å². The highest BCUT2D eigenvalue weighted by Gasteiger charge is 2.03. The van der Waals surface area contributed by atoms with Gasteiger partial charge in [-0.1, -0.05) is 18.5 Å². The van der Waals surface area contributed by atoms with Crippen molar-refractivity contribution in [1.29, 1.82) is 0 Å². The van der Waals surface area contributed by atoms with Crippen molar-refractivity contribution in [1.82, 2.24) is 0 Å². The van der Waals surface area contributed by atoms with Crippen LogP contribution in [0.3, 0.4) is 0 Å². The van der Waals surface area contributed by atoms with Crippen molar-refractivity contribution in [2.75, 3.05) is 0 Å². The fourth-order valence-corrected chi connectivity index (χ4v) is 1.66. The Morgan fingerprint density at radius 3 is 2.79 bits per heavy atom. The summed E-state index contributed by atoms with van der Waals surface area (Å²) in [5, 5.41) is 0.704. The summed E-state index contributed by atoms with van der Waals surface area (Å²) in [5.74, 6) is 0.602. The van der Waals surface area contributed by atoms with Gasteiger partial charge in [0.05, 0.1) is 11.5 Å². The molecule has 76 valence electrons. The smallest absolute Gasteiger partial charge is 0.0994 e. The lowest BCUT2D eigenvalue weighted by molar-refractivity contribution is 1.23. The summed E-state index contributed by atoms with van der Waals surface area (Å²) in [6.45, 7) is 3.91. The lowest BCUT2D eigenvalue weighted by atomic mass is 10.2. The Morgan fingerprint density at radius 2 is 2.21 bits per heavy atom. The monoisotopic (exact) mass is 274 g/mol. The molecule has 0 radical (unpaired) electrons. The number of rotatable bonds is 2. The SMILES string of the molecule is CCC(N)=Nc1cc(Cl)c(C)cc1Br. The van der Waals surface area contributed by atoms with Crippen molar-refractivity contribution >= 4 is 39.1 Å². The first kappa shape index (κ1) is 11.5. The number of benzene rings is 1. The van der Waals surface area contributed by atoms with Gasteiger partial charge < -0.3 is 5.73 Å². The molecule has 1 rings (SSSR count). The maximum atomic E-state index is 5.98. The fraction of sp³-hybridized carbons (Fsp3) is 0.300. The molecular formula is C10H12BrClN2. The third-order valence-electron chi connectivity index (χ3n) is 1.85. The molecule has 0 bridgehead atoms. The first-order valence-electron chi connectivity index (χ1n) is 4.33. The molecule has 4 heteroatoms. The second kappa shape index (κ2) is 4.80. The van der Waals surface area contributed by atoms with Crippen LogP contribution in [0.5, 0.6) is 0 Å². The molecule has 0 aliphatic carbocycles. The molecular weight excluding hydrogens is 263 g/mol. The van der Waals surface area contributed by atoms with E-state index in [1.807, 2.05) is 26.0 Å². The van der Waals surface area contributed by atoms with E-state index < -0.39 is 0 Å². The number of hydrogen-bond acceptors (Lipinski definition) is 1. The molecule has 0 aromatic heterocycles. The number of halogens is 2. The number of aryl methyl sites for hydroxylation is 1. The summed E-state index contributed by atoms with van der Waals surface area (Å²) < 4.78 is 0.913. The van der Waals surface area contributed by atoms with E-state index in [2.05, 4.69) is 20.9 Å². The average Bonchev–Trinajstić information content (AvgIpc) is 2.14. The summed E-state index contributed by atoms with van der Waals surface area (Å²) in [5.41, 5.74) is 7.45. The average molecular weight is 276 g/mol. The lowest BCUT2D eigenvalue weighted by Gasteiger charge is -2.04. The van der Waals surface area contributed by atoms with E-state index in [0.717, 1.165) is 22.1 Å². The van der Waals surface area contributed by atoms with Gasteiger partial charge in [0.1, 0.15) is 0 Å². The van der Waals surface area contributed by atoms with Gasteiger partial charge in [0, 0.05) is 15.9 Å². The van der Waals surface area contributed by atoms with Gasteiger partial charge >= 0.3 is 0 Å². The summed E-state index contributed by atoms with van der Waals surface area (Å²) in [4.78, 5) is 4.24. The highest BCUT2D eigenvalue weighted by Crippen LogP contribution is 2.31. The highest BCUT2D eigenvalue weighted by molar-refractivity contribution is 9.10. The van der Waals surface area contributed by atoms with Gasteiger partial charge in [-0.05, 0) is 40.5 Å². The number of hydrogen-bond donors (Lipinski definition) is 1. The molecule has 1 aromatic carbocycles. The van der Waals surface area contributed by atoms with Crippen molar-refractivity contribution in [2.45, 2.75) is 20.3 Å². The van der Waals surface area contributed by atoms with Crippen LogP contribution >= 0.6 is 27.5 Å². The van der Waals surface area contributed by atoms with Crippen LogP contribution in [-0.2, 0) is 0 Å². The fourth-order valence-electron chi connectivity index (χ4n) is 0.955. The van der Waals surface area contributed by atoms with E-state index in [1.165, 1.54) is 0 Å². The molecule has 1 aromatic rings. The van der Waals surface area contributed by atoms with Crippen molar-refractivity contribution < 1.29 is 0 Å². The van der Waals surface area contributed by atoms with E-state index in [4.69, 9.17) is 17.3 Å². The molecule has 2 nitrogen and oxygen atoms in total. The molecule has 0 fully saturated rings. The zero-order valence-electron chi connectivity index (χ0n) is 8.14. The predicted octanol–water partition coefficient (Wildman–Crippen LogP) is 3.81. The van der Waals surface area contributed by atoms with Crippen molar-refractivity contribution in [3.8, 4) is 0 Å². The van der Waals surface area contributed by atoms with Gasteiger partial charge in [-0.3, -0.25) is 0 Å². The van der Waals surface area contributed by atoms with E-state index in [1.54, 1.807) is 0 Å². The van der Waals surface area contributed by atoms with Crippen molar-refractivity contribution in [2.24, 2.45) is 10.7 Å². The Bertz CT molecular complexity index is 375. The number of nitrogens with two attached hydrogens (primary N) is 1. The Morgan fingerprint density at radius 1 is 1.57 bits per heavy atom.